The summed E-state index contributed by atoms with van der Waals surface area (Å²) < 4.78 is 0. The number of aromatic amines is 1. The van der Waals surface area contributed by atoms with E-state index in [0.29, 0.717) is 12.2 Å². The maximum absolute atomic E-state index is 11.9. The van der Waals surface area contributed by atoms with Crippen LogP contribution in [-0.2, 0) is 0 Å². The van der Waals surface area contributed by atoms with Gasteiger partial charge in [-0.25, -0.2) is 0 Å². The molecule has 0 aliphatic heterocycles. The Hall–Kier alpha value is -1.81. The first-order valence-electron chi connectivity index (χ1n) is 6.08. The van der Waals surface area contributed by atoms with Crippen LogP contribution in [0.1, 0.15) is 16.1 Å². The molecule has 96 valence electrons. The summed E-state index contributed by atoms with van der Waals surface area (Å²) in [5.74, 6) is -0.0503. The zero-order valence-corrected chi connectivity index (χ0v) is 11.1. The molecule has 2 aromatic rings. The molecule has 4 nitrogen and oxygen atoms in total. The Balaban J connectivity index is 2.08. The number of likely N-dealkylation sites (N-methyl/N-ethyl adjacent to an activating group) is 1. The molecule has 0 atom stereocenters. The van der Waals surface area contributed by atoms with Crippen LogP contribution < -0.4 is 5.32 Å². The predicted octanol–water partition coefficient (Wildman–Crippen LogP) is 1.77. The van der Waals surface area contributed by atoms with Gasteiger partial charge in [-0.1, -0.05) is 11.6 Å². The van der Waals surface area contributed by atoms with Gasteiger partial charge in [0.05, 0.1) is 0 Å². The fourth-order valence-corrected chi connectivity index (χ4v) is 1.86. The van der Waals surface area contributed by atoms with Crippen LogP contribution in [0, 0.1) is 6.92 Å². The molecule has 0 bridgehead atoms. The maximum atomic E-state index is 11.9. The van der Waals surface area contributed by atoms with E-state index in [0.717, 1.165) is 17.4 Å². The molecule has 1 aromatic carbocycles. The second kappa shape index (κ2) is 5.23. The number of carbonyl (C=O) groups is 1. The lowest BCUT2D eigenvalue weighted by molar-refractivity contribution is 0.0947. The van der Waals surface area contributed by atoms with E-state index in [1.54, 1.807) is 0 Å². The number of amides is 1. The number of aromatic nitrogens is 1. The third-order valence-corrected chi connectivity index (χ3v) is 2.87. The van der Waals surface area contributed by atoms with Gasteiger partial charge < -0.3 is 15.2 Å². The van der Waals surface area contributed by atoms with Crippen molar-refractivity contribution in [1.29, 1.82) is 0 Å². The Bertz CT molecular complexity index is 557. The Labute approximate surface area is 107 Å². The first kappa shape index (κ1) is 12.6. The maximum Gasteiger partial charge on any atom is 0.267 e. The number of hydrogen-bond donors (Lipinski definition) is 2. The van der Waals surface area contributed by atoms with Gasteiger partial charge in [0, 0.05) is 24.0 Å². The number of fused-ring (bicyclic) bond motifs is 1. The predicted molar refractivity (Wildman–Crippen MR) is 73.9 cm³/mol. The normalized spacial score (nSPS) is 11.1. The SMILES string of the molecule is Cc1ccc2[nH]c(C(=O)NCCN(C)C)cc2c1. The second-order valence-electron chi connectivity index (χ2n) is 4.83. The standard InChI is InChI=1S/C14H19N3O/c1-10-4-5-12-11(8-10)9-13(16-12)14(18)15-6-7-17(2)3/h4-5,8-9,16H,6-7H2,1-3H3,(H,15,18). The van der Waals surface area contributed by atoms with Gasteiger partial charge in [-0.3, -0.25) is 4.79 Å². The fourth-order valence-electron chi connectivity index (χ4n) is 1.86. The number of benzene rings is 1. The highest BCUT2D eigenvalue weighted by atomic mass is 16.1. The first-order chi connectivity index (χ1) is 8.56. The zero-order chi connectivity index (χ0) is 13.1. The summed E-state index contributed by atoms with van der Waals surface area (Å²) in [6.45, 7) is 3.54. The van der Waals surface area contributed by atoms with Gasteiger partial charge in [-0.2, -0.15) is 0 Å². The highest BCUT2D eigenvalue weighted by Gasteiger charge is 2.08. The highest BCUT2D eigenvalue weighted by molar-refractivity contribution is 5.98. The van der Waals surface area contributed by atoms with E-state index in [2.05, 4.69) is 16.4 Å². The summed E-state index contributed by atoms with van der Waals surface area (Å²) in [6, 6.07) is 8.00. The van der Waals surface area contributed by atoms with Crippen LogP contribution in [0.3, 0.4) is 0 Å². The van der Waals surface area contributed by atoms with Crippen molar-refractivity contribution >= 4 is 16.8 Å². The molecule has 0 spiro atoms. The number of aryl methyl sites for hydroxylation is 1. The summed E-state index contributed by atoms with van der Waals surface area (Å²) in [5.41, 5.74) is 2.81. The van der Waals surface area contributed by atoms with Crippen molar-refractivity contribution in [2.75, 3.05) is 27.2 Å². The monoisotopic (exact) mass is 245 g/mol. The van der Waals surface area contributed by atoms with Crippen molar-refractivity contribution in [2.24, 2.45) is 0 Å². The van der Waals surface area contributed by atoms with Crippen molar-refractivity contribution in [3.8, 4) is 0 Å². The van der Waals surface area contributed by atoms with Crippen molar-refractivity contribution in [1.82, 2.24) is 15.2 Å². The molecule has 2 N–H and O–H groups in total. The van der Waals surface area contributed by atoms with Crippen LogP contribution in [0.5, 0.6) is 0 Å². The smallest absolute Gasteiger partial charge is 0.267 e. The van der Waals surface area contributed by atoms with Gasteiger partial charge in [0.25, 0.3) is 5.91 Å². The highest BCUT2D eigenvalue weighted by Crippen LogP contribution is 2.16. The molecule has 0 aliphatic rings. The van der Waals surface area contributed by atoms with Gasteiger partial charge in [0.1, 0.15) is 5.69 Å². The minimum Gasteiger partial charge on any atom is -0.351 e. The number of nitrogens with zero attached hydrogens (tertiary/aromatic N) is 1. The molecule has 2 rings (SSSR count). The van der Waals surface area contributed by atoms with Crippen LogP contribution in [0.15, 0.2) is 24.3 Å². The minimum absolute atomic E-state index is 0.0503. The number of hydrogen-bond acceptors (Lipinski definition) is 2. The number of nitrogens with one attached hydrogen (secondary N) is 2. The average Bonchev–Trinajstić information content (AvgIpc) is 2.71. The Morgan fingerprint density at radius 2 is 2.11 bits per heavy atom. The summed E-state index contributed by atoms with van der Waals surface area (Å²) in [4.78, 5) is 17.1. The number of carbonyl (C=O) groups excluding carboxylic acids is 1. The fraction of sp³-hybridized carbons (Fsp3) is 0.357. The van der Waals surface area contributed by atoms with Gasteiger partial charge in [-0.15, -0.1) is 0 Å². The summed E-state index contributed by atoms with van der Waals surface area (Å²) in [7, 11) is 3.97. The number of rotatable bonds is 4. The molecule has 0 unspecified atom stereocenters. The van der Waals surface area contributed by atoms with Crippen LogP contribution >= 0.6 is 0 Å². The molecule has 1 aromatic heterocycles. The molecular weight excluding hydrogens is 226 g/mol. The van der Waals surface area contributed by atoms with Crippen LogP contribution in [0.25, 0.3) is 10.9 Å². The lowest BCUT2D eigenvalue weighted by atomic mass is 10.2. The van der Waals surface area contributed by atoms with Crippen molar-refractivity contribution in [3.05, 3.63) is 35.5 Å². The second-order valence-corrected chi connectivity index (χ2v) is 4.83. The molecule has 0 radical (unpaired) electrons. The molecule has 0 saturated heterocycles. The molecule has 18 heavy (non-hydrogen) atoms. The van der Waals surface area contributed by atoms with Gasteiger partial charge in [0.2, 0.25) is 0 Å². The third kappa shape index (κ3) is 2.90. The summed E-state index contributed by atoms with van der Waals surface area (Å²) >= 11 is 0. The lowest BCUT2D eigenvalue weighted by Gasteiger charge is -2.09. The van der Waals surface area contributed by atoms with E-state index < -0.39 is 0 Å². The molecule has 1 amide bonds. The van der Waals surface area contributed by atoms with Crippen LogP contribution in [0.4, 0.5) is 0 Å². The van der Waals surface area contributed by atoms with E-state index in [1.807, 2.05) is 44.1 Å². The van der Waals surface area contributed by atoms with E-state index in [4.69, 9.17) is 0 Å². The Morgan fingerprint density at radius 3 is 2.83 bits per heavy atom. The molecule has 1 heterocycles. The van der Waals surface area contributed by atoms with E-state index in [9.17, 15) is 4.79 Å². The summed E-state index contributed by atoms with van der Waals surface area (Å²) in [5, 5.41) is 3.97. The van der Waals surface area contributed by atoms with Crippen molar-refractivity contribution in [2.45, 2.75) is 6.92 Å². The summed E-state index contributed by atoms with van der Waals surface area (Å²) in [6.07, 6.45) is 0. The Morgan fingerprint density at radius 1 is 1.33 bits per heavy atom. The quantitative estimate of drug-likeness (QED) is 0.862. The molecule has 0 aliphatic carbocycles. The first-order valence-corrected chi connectivity index (χ1v) is 6.08. The third-order valence-electron chi connectivity index (χ3n) is 2.87. The van der Waals surface area contributed by atoms with Gasteiger partial charge in [0.15, 0.2) is 0 Å². The van der Waals surface area contributed by atoms with Crippen LogP contribution in [0.2, 0.25) is 0 Å². The van der Waals surface area contributed by atoms with Crippen molar-refractivity contribution in [3.63, 3.8) is 0 Å². The molecule has 0 saturated carbocycles. The Kier molecular flexibility index (Phi) is 3.67. The van der Waals surface area contributed by atoms with Gasteiger partial charge in [-0.05, 0) is 39.2 Å². The lowest BCUT2D eigenvalue weighted by Crippen LogP contribution is -2.31. The largest absolute Gasteiger partial charge is 0.351 e. The number of H-pyrrole nitrogens is 1. The molecular formula is C14H19N3O. The van der Waals surface area contributed by atoms with Gasteiger partial charge >= 0.3 is 0 Å². The zero-order valence-electron chi connectivity index (χ0n) is 11.1. The average molecular weight is 245 g/mol. The van der Waals surface area contributed by atoms with E-state index >= 15 is 0 Å². The minimum atomic E-state index is -0.0503. The van der Waals surface area contributed by atoms with Crippen molar-refractivity contribution < 1.29 is 4.79 Å². The topological polar surface area (TPSA) is 48.1 Å². The molecule has 4 heteroatoms. The van der Waals surface area contributed by atoms with E-state index in [1.165, 1.54) is 5.56 Å². The molecule has 0 fully saturated rings. The van der Waals surface area contributed by atoms with Crippen LogP contribution in [-0.4, -0.2) is 43.0 Å². The van der Waals surface area contributed by atoms with E-state index in [-0.39, 0.29) is 5.91 Å².